The highest BCUT2D eigenvalue weighted by Gasteiger charge is 2.20. The summed E-state index contributed by atoms with van der Waals surface area (Å²) in [4.78, 5) is 0. The summed E-state index contributed by atoms with van der Waals surface area (Å²) in [6, 6.07) is -0.264. The van der Waals surface area contributed by atoms with Gasteiger partial charge in [-0.05, 0) is 40.5 Å². The highest BCUT2D eigenvalue weighted by molar-refractivity contribution is 4.95. The first kappa shape index (κ1) is 30.5. The van der Waals surface area contributed by atoms with Crippen LogP contribution in [-0.2, 0) is 18.9 Å². The van der Waals surface area contributed by atoms with E-state index in [9.17, 15) is 0 Å². The SMILES string of the molecule is CCCCCCCCCCCCC/C=C/[C@H](OC(C)OCC)[C@@H](N)COC(C)OCC. The Kier molecular flexibility index (Phi) is 22.4. The van der Waals surface area contributed by atoms with Crippen LogP contribution < -0.4 is 5.73 Å². The molecule has 0 rings (SSSR count). The number of hydrogen-bond acceptors (Lipinski definition) is 5. The van der Waals surface area contributed by atoms with Crippen LogP contribution in [0.15, 0.2) is 12.2 Å². The second-order valence-corrected chi connectivity index (χ2v) is 8.40. The summed E-state index contributed by atoms with van der Waals surface area (Å²) < 4.78 is 22.6. The van der Waals surface area contributed by atoms with Crippen LogP contribution in [0.1, 0.15) is 112 Å². The van der Waals surface area contributed by atoms with Gasteiger partial charge in [0.1, 0.15) is 0 Å². The van der Waals surface area contributed by atoms with Crippen LogP contribution in [0.4, 0.5) is 0 Å². The largest absolute Gasteiger partial charge is 0.353 e. The quantitative estimate of drug-likeness (QED) is 0.108. The van der Waals surface area contributed by atoms with Crippen molar-refractivity contribution in [2.75, 3.05) is 19.8 Å². The first-order chi connectivity index (χ1) is 15.0. The molecule has 0 radical (unpaired) electrons. The zero-order chi connectivity index (χ0) is 23.2. The Morgan fingerprint density at radius 3 is 1.74 bits per heavy atom. The highest BCUT2D eigenvalue weighted by atomic mass is 16.7. The molecule has 0 amide bonds. The lowest BCUT2D eigenvalue weighted by molar-refractivity contribution is -0.166. The van der Waals surface area contributed by atoms with Crippen molar-refractivity contribution in [3.63, 3.8) is 0 Å². The van der Waals surface area contributed by atoms with Crippen molar-refractivity contribution in [3.05, 3.63) is 12.2 Å². The van der Waals surface area contributed by atoms with E-state index in [4.69, 9.17) is 24.7 Å². The molecule has 0 aromatic carbocycles. The Labute approximate surface area is 193 Å². The molecule has 0 saturated carbocycles. The third-order valence-electron chi connectivity index (χ3n) is 5.40. The van der Waals surface area contributed by atoms with E-state index in [2.05, 4.69) is 19.1 Å². The number of unbranched alkanes of at least 4 members (excludes halogenated alkanes) is 11. The topological polar surface area (TPSA) is 62.9 Å². The third kappa shape index (κ3) is 19.9. The van der Waals surface area contributed by atoms with Gasteiger partial charge in [0.15, 0.2) is 12.6 Å². The van der Waals surface area contributed by atoms with E-state index >= 15 is 0 Å². The van der Waals surface area contributed by atoms with Gasteiger partial charge in [0, 0.05) is 13.2 Å². The zero-order valence-electron chi connectivity index (χ0n) is 21.3. The fourth-order valence-corrected chi connectivity index (χ4v) is 3.57. The van der Waals surface area contributed by atoms with Gasteiger partial charge in [-0.3, -0.25) is 0 Å². The van der Waals surface area contributed by atoms with Crippen LogP contribution >= 0.6 is 0 Å². The van der Waals surface area contributed by atoms with Crippen molar-refractivity contribution in [3.8, 4) is 0 Å². The van der Waals surface area contributed by atoms with Crippen LogP contribution in [0.25, 0.3) is 0 Å². The molecule has 4 atom stereocenters. The highest BCUT2D eigenvalue weighted by Crippen LogP contribution is 2.13. The number of nitrogens with two attached hydrogens (primary N) is 1. The minimum absolute atomic E-state index is 0.233. The molecule has 0 bridgehead atoms. The van der Waals surface area contributed by atoms with Gasteiger partial charge >= 0.3 is 0 Å². The molecule has 0 fully saturated rings. The molecule has 2 unspecified atom stereocenters. The van der Waals surface area contributed by atoms with Crippen LogP contribution in [0, 0.1) is 0 Å². The summed E-state index contributed by atoms with van der Waals surface area (Å²) in [5.74, 6) is 0. The second-order valence-electron chi connectivity index (χ2n) is 8.40. The average molecular weight is 444 g/mol. The zero-order valence-corrected chi connectivity index (χ0v) is 21.3. The van der Waals surface area contributed by atoms with Gasteiger partial charge in [-0.1, -0.05) is 83.3 Å². The number of allylic oxidation sites excluding steroid dienone is 1. The molecule has 186 valence electrons. The van der Waals surface area contributed by atoms with Crippen LogP contribution in [0.2, 0.25) is 0 Å². The molecule has 0 aliphatic rings. The molecule has 0 aliphatic carbocycles. The fraction of sp³-hybridized carbons (Fsp3) is 0.923. The minimum Gasteiger partial charge on any atom is -0.353 e. The lowest BCUT2D eigenvalue weighted by Crippen LogP contribution is -2.42. The molecule has 0 saturated heterocycles. The summed E-state index contributed by atoms with van der Waals surface area (Å²) >= 11 is 0. The first-order valence-electron chi connectivity index (χ1n) is 13.0. The lowest BCUT2D eigenvalue weighted by Gasteiger charge is -2.26. The second kappa shape index (κ2) is 22.7. The maximum atomic E-state index is 6.34. The fourth-order valence-electron chi connectivity index (χ4n) is 3.57. The molecule has 31 heavy (non-hydrogen) atoms. The van der Waals surface area contributed by atoms with Crippen molar-refractivity contribution in [2.24, 2.45) is 5.73 Å². The maximum absolute atomic E-state index is 6.34. The maximum Gasteiger partial charge on any atom is 0.155 e. The van der Waals surface area contributed by atoms with Crippen molar-refractivity contribution in [2.45, 2.75) is 136 Å². The molecule has 5 heteroatoms. The van der Waals surface area contributed by atoms with Crippen molar-refractivity contribution in [1.29, 1.82) is 0 Å². The van der Waals surface area contributed by atoms with Crippen LogP contribution in [0.3, 0.4) is 0 Å². The van der Waals surface area contributed by atoms with Gasteiger partial charge in [-0.2, -0.15) is 0 Å². The Balaban J connectivity index is 4.07. The molecule has 5 nitrogen and oxygen atoms in total. The van der Waals surface area contributed by atoms with Crippen molar-refractivity contribution < 1.29 is 18.9 Å². The van der Waals surface area contributed by atoms with E-state index in [0.717, 1.165) is 6.42 Å². The predicted molar refractivity (Wildman–Crippen MR) is 131 cm³/mol. The first-order valence-corrected chi connectivity index (χ1v) is 13.0. The molecule has 0 spiro atoms. The van der Waals surface area contributed by atoms with Gasteiger partial charge in [-0.15, -0.1) is 0 Å². The van der Waals surface area contributed by atoms with E-state index in [1.165, 1.54) is 70.6 Å². The Morgan fingerprint density at radius 2 is 1.19 bits per heavy atom. The number of ether oxygens (including phenoxy) is 4. The molecule has 0 heterocycles. The van der Waals surface area contributed by atoms with E-state index in [-0.39, 0.29) is 24.7 Å². The molecular weight excluding hydrogens is 390 g/mol. The summed E-state index contributed by atoms with van der Waals surface area (Å²) in [5, 5.41) is 0. The number of rotatable bonds is 23. The van der Waals surface area contributed by atoms with Gasteiger partial charge in [0.25, 0.3) is 0 Å². The van der Waals surface area contributed by atoms with Crippen molar-refractivity contribution >= 4 is 0 Å². The van der Waals surface area contributed by atoms with Crippen LogP contribution in [-0.4, -0.2) is 44.5 Å². The monoisotopic (exact) mass is 443 g/mol. The lowest BCUT2D eigenvalue weighted by atomic mass is 10.0. The summed E-state index contributed by atoms with van der Waals surface area (Å²) in [7, 11) is 0. The van der Waals surface area contributed by atoms with Crippen LogP contribution in [0.5, 0.6) is 0 Å². The third-order valence-corrected chi connectivity index (χ3v) is 5.40. The molecule has 2 N–H and O–H groups in total. The summed E-state index contributed by atoms with van der Waals surface area (Å²) in [6.07, 6.45) is 19.5. The molecule has 0 aromatic heterocycles. The summed E-state index contributed by atoms with van der Waals surface area (Å²) in [5.41, 5.74) is 6.34. The van der Waals surface area contributed by atoms with Gasteiger partial charge in [-0.25, -0.2) is 0 Å². The Morgan fingerprint density at radius 1 is 0.677 bits per heavy atom. The van der Waals surface area contributed by atoms with Gasteiger partial charge in [0.05, 0.1) is 18.8 Å². The van der Waals surface area contributed by atoms with Gasteiger partial charge in [0.2, 0.25) is 0 Å². The predicted octanol–water partition coefficient (Wildman–Crippen LogP) is 6.74. The van der Waals surface area contributed by atoms with E-state index < -0.39 is 0 Å². The Hall–Kier alpha value is -0.460. The Bertz CT molecular complexity index is 392. The van der Waals surface area contributed by atoms with Gasteiger partial charge < -0.3 is 24.7 Å². The standard InChI is InChI=1S/C26H53NO4/c1-6-9-10-11-12-13-14-15-16-17-18-19-20-21-26(31-24(5)29-8-3)25(27)22-30-23(4)28-7-2/h20-21,23-26H,6-19,22,27H2,1-5H3/b21-20+/t23?,24?,25-,26-/m0/s1. The normalized spacial score (nSPS) is 15.9. The van der Waals surface area contributed by atoms with E-state index in [0.29, 0.717) is 19.8 Å². The smallest absolute Gasteiger partial charge is 0.155 e. The van der Waals surface area contributed by atoms with Crippen molar-refractivity contribution in [1.82, 2.24) is 0 Å². The molecular formula is C26H53NO4. The molecule has 0 aromatic rings. The average Bonchev–Trinajstić information content (AvgIpc) is 2.74. The number of hydrogen-bond donors (Lipinski definition) is 1. The van der Waals surface area contributed by atoms with E-state index in [1.54, 1.807) is 0 Å². The minimum atomic E-state index is -0.294. The molecule has 0 aliphatic heterocycles. The van der Waals surface area contributed by atoms with E-state index in [1.807, 2.05) is 27.7 Å². The summed E-state index contributed by atoms with van der Waals surface area (Å²) in [6.45, 7) is 11.6.